The van der Waals surface area contributed by atoms with Crippen LogP contribution in [0, 0.1) is 11.3 Å². The number of rotatable bonds is 4. The Hall–Kier alpha value is -1.10. The van der Waals surface area contributed by atoms with E-state index in [9.17, 15) is 0 Å². The molecule has 0 unspecified atom stereocenters. The highest BCUT2D eigenvalue weighted by atomic mass is 35.5. The fourth-order valence-corrected chi connectivity index (χ4v) is 1.12. The number of nitrogens with one attached hydrogen (secondary N) is 1. The van der Waals surface area contributed by atoms with Crippen LogP contribution in [0.3, 0.4) is 0 Å². The number of halogens is 1. The predicted octanol–water partition coefficient (Wildman–Crippen LogP) is 2.20. The fourth-order valence-electron chi connectivity index (χ4n) is 0.955. The molecule has 0 aliphatic heterocycles. The van der Waals surface area contributed by atoms with E-state index < -0.39 is 0 Å². The normalized spacial score (nSPS) is 11.9. The van der Waals surface area contributed by atoms with Crippen molar-refractivity contribution in [2.24, 2.45) is 11.3 Å². The van der Waals surface area contributed by atoms with E-state index in [4.69, 9.17) is 17.3 Å². The highest BCUT2D eigenvalue weighted by molar-refractivity contribution is 6.28. The van der Waals surface area contributed by atoms with Crippen LogP contribution in [0.1, 0.15) is 27.7 Å². The average Bonchev–Trinajstić information content (AvgIpc) is 2.13. The molecule has 0 saturated carbocycles. The molecule has 0 bridgehead atoms. The van der Waals surface area contributed by atoms with E-state index in [1.165, 1.54) is 0 Å². The number of aromatic nitrogens is 3. The summed E-state index contributed by atoms with van der Waals surface area (Å²) in [5, 5.41) is 3.23. The van der Waals surface area contributed by atoms with Gasteiger partial charge in [0.2, 0.25) is 17.2 Å². The lowest BCUT2D eigenvalue weighted by Crippen LogP contribution is -2.29. The summed E-state index contributed by atoms with van der Waals surface area (Å²) < 4.78 is 0. The number of anilines is 2. The second kappa shape index (κ2) is 4.82. The predicted molar refractivity (Wildman–Crippen MR) is 66.4 cm³/mol. The molecule has 1 aromatic heterocycles. The van der Waals surface area contributed by atoms with Crippen LogP contribution in [-0.2, 0) is 0 Å². The van der Waals surface area contributed by atoms with Gasteiger partial charge in [-0.25, -0.2) is 0 Å². The van der Waals surface area contributed by atoms with Gasteiger partial charge in [0.05, 0.1) is 0 Å². The average molecular weight is 244 g/mol. The maximum atomic E-state index is 5.68. The topological polar surface area (TPSA) is 76.7 Å². The third-order valence-corrected chi connectivity index (χ3v) is 3.06. The van der Waals surface area contributed by atoms with E-state index in [-0.39, 0.29) is 16.6 Å². The molecule has 0 fully saturated rings. The summed E-state index contributed by atoms with van der Waals surface area (Å²) in [6.45, 7) is 9.46. The Morgan fingerprint density at radius 2 is 1.94 bits per heavy atom. The molecule has 0 spiro atoms. The smallest absolute Gasteiger partial charge is 0.228 e. The summed E-state index contributed by atoms with van der Waals surface area (Å²) in [6, 6.07) is 0. The first-order valence-corrected chi connectivity index (χ1v) is 5.60. The van der Waals surface area contributed by atoms with Crippen molar-refractivity contribution in [3.8, 4) is 0 Å². The van der Waals surface area contributed by atoms with Crippen molar-refractivity contribution in [1.29, 1.82) is 0 Å². The van der Waals surface area contributed by atoms with Crippen LogP contribution in [0.2, 0.25) is 5.28 Å². The van der Waals surface area contributed by atoms with E-state index in [0.717, 1.165) is 6.54 Å². The van der Waals surface area contributed by atoms with Gasteiger partial charge in [0.1, 0.15) is 0 Å². The van der Waals surface area contributed by atoms with Crippen molar-refractivity contribution in [2.75, 3.05) is 17.6 Å². The number of hydrogen-bond donors (Lipinski definition) is 2. The van der Waals surface area contributed by atoms with Crippen molar-refractivity contribution in [3.05, 3.63) is 5.28 Å². The summed E-state index contributed by atoms with van der Waals surface area (Å²) in [4.78, 5) is 11.6. The molecule has 1 heterocycles. The van der Waals surface area contributed by atoms with Gasteiger partial charge >= 0.3 is 0 Å². The molecule has 6 heteroatoms. The molecule has 0 saturated heterocycles. The quantitative estimate of drug-likeness (QED) is 0.848. The summed E-state index contributed by atoms with van der Waals surface area (Å²) in [6.07, 6.45) is 0. The van der Waals surface area contributed by atoms with Crippen molar-refractivity contribution in [3.63, 3.8) is 0 Å². The Bertz CT molecular complexity index is 344. The maximum absolute atomic E-state index is 5.68. The molecule has 0 aliphatic rings. The Labute approximate surface area is 101 Å². The molecule has 1 aromatic rings. The van der Waals surface area contributed by atoms with Crippen molar-refractivity contribution in [2.45, 2.75) is 27.7 Å². The second-order valence-electron chi connectivity index (χ2n) is 4.78. The molecule has 0 atom stereocenters. The Morgan fingerprint density at radius 3 is 2.44 bits per heavy atom. The Balaban J connectivity index is 2.68. The molecule has 5 nitrogen and oxygen atoms in total. The third-order valence-electron chi connectivity index (χ3n) is 2.89. The molecule has 1 rings (SSSR count). The Morgan fingerprint density at radius 1 is 1.31 bits per heavy atom. The molecule has 16 heavy (non-hydrogen) atoms. The molecule has 90 valence electrons. The lowest BCUT2D eigenvalue weighted by atomic mass is 9.81. The zero-order valence-electron chi connectivity index (χ0n) is 10.1. The highest BCUT2D eigenvalue weighted by Gasteiger charge is 2.22. The lowest BCUT2D eigenvalue weighted by molar-refractivity contribution is 0.269. The van der Waals surface area contributed by atoms with Crippen molar-refractivity contribution >= 4 is 23.5 Å². The number of nitrogen functional groups attached to an aromatic ring is 1. The van der Waals surface area contributed by atoms with Crippen LogP contribution in [0.15, 0.2) is 0 Å². The van der Waals surface area contributed by atoms with Crippen LogP contribution in [0.4, 0.5) is 11.9 Å². The summed E-state index contributed by atoms with van der Waals surface area (Å²) in [7, 11) is 0. The van der Waals surface area contributed by atoms with Gasteiger partial charge < -0.3 is 11.1 Å². The number of nitrogens with zero attached hydrogens (tertiary/aromatic N) is 3. The fraction of sp³-hybridized carbons (Fsp3) is 0.700. The molecule has 3 N–H and O–H groups in total. The molecule has 0 aliphatic carbocycles. The second-order valence-corrected chi connectivity index (χ2v) is 5.12. The van der Waals surface area contributed by atoms with Gasteiger partial charge in [-0.2, -0.15) is 15.0 Å². The first kappa shape index (κ1) is 13.0. The van der Waals surface area contributed by atoms with Crippen molar-refractivity contribution in [1.82, 2.24) is 15.0 Å². The van der Waals surface area contributed by atoms with E-state index in [0.29, 0.717) is 11.9 Å². The van der Waals surface area contributed by atoms with E-state index >= 15 is 0 Å². The first-order chi connectivity index (χ1) is 7.31. The van der Waals surface area contributed by atoms with Crippen LogP contribution >= 0.6 is 11.6 Å². The van der Waals surface area contributed by atoms with Gasteiger partial charge in [0, 0.05) is 6.54 Å². The van der Waals surface area contributed by atoms with Gasteiger partial charge in [-0.05, 0) is 22.9 Å². The SMILES string of the molecule is CC(C)C(C)(C)CNc1nc(N)nc(Cl)n1. The van der Waals surface area contributed by atoms with E-state index in [1.807, 2.05) is 0 Å². The minimum Gasteiger partial charge on any atom is -0.368 e. The van der Waals surface area contributed by atoms with Gasteiger partial charge in [-0.3, -0.25) is 0 Å². The van der Waals surface area contributed by atoms with Gasteiger partial charge in [-0.1, -0.05) is 27.7 Å². The van der Waals surface area contributed by atoms with Gasteiger partial charge in [0.25, 0.3) is 0 Å². The number of hydrogen-bond acceptors (Lipinski definition) is 5. The van der Waals surface area contributed by atoms with Gasteiger partial charge in [-0.15, -0.1) is 0 Å². The Kier molecular flexibility index (Phi) is 3.91. The zero-order chi connectivity index (χ0) is 12.3. The maximum Gasteiger partial charge on any atom is 0.228 e. The van der Waals surface area contributed by atoms with Crippen molar-refractivity contribution < 1.29 is 0 Å². The number of nitrogens with two attached hydrogens (primary N) is 1. The summed E-state index contributed by atoms with van der Waals surface area (Å²) >= 11 is 5.68. The minimum absolute atomic E-state index is 0.109. The van der Waals surface area contributed by atoms with E-state index in [2.05, 4.69) is 48.0 Å². The molecular weight excluding hydrogens is 226 g/mol. The van der Waals surface area contributed by atoms with Gasteiger partial charge in [0.15, 0.2) is 0 Å². The third kappa shape index (κ3) is 3.48. The monoisotopic (exact) mass is 243 g/mol. The molecule has 0 aromatic carbocycles. The molecule has 0 radical (unpaired) electrons. The van der Waals surface area contributed by atoms with Crippen LogP contribution < -0.4 is 11.1 Å². The lowest BCUT2D eigenvalue weighted by Gasteiger charge is -2.29. The standard InChI is InChI=1S/C10H18ClN5/c1-6(2)10(3,4)5-13-9-15-7(11)14-8(12)16-9/h6H,5H2,1-4H3,(H3,12,13,14,15,16). The van der Waals surface area contributed by atoms with Crippen LogP contribution in [0.25, 0.3) is 0 Å². The minimum atomic E-state index is 0.109. The summed E-state index contributed by atoms with van der Waals surface area (Å²) in [5.74, 6) is 1.10. The molecular formula is C10H18ClN5. The first-order valence-electron chi connectivity index (χ1n) is 5.22. The summed E-state index contributed by atoms with van der Waals surface area (Å²) in [5.41, 5.74) is 5.62. The van der Waals surface area contributed by atoms with Crippen LogP contribution in [0.5, 0.6) is 0 Å². The largest absolute Gasteiger partial charge is 0.368 e. The highest BCUT2D eigenvalue weighted by Crippen LogP contribution is 2.25. The van der Waals surface area contributed by atoms with E-state index in [1.54, 1.807) is 0 Å². The zero-order valence-corrected chi connectivity index (χ0v) is 10.8. The van der Waals surface area contributed by atoms with Crippen LogP contribution in [-0.4, -0.2) is 21.5 Å². The molecule has 0 amide bonds.